The monoisotopic (exact) mass is 471 g/mol. The number of amides is 2. The molecule has 0 radical (unpaired) electrons. The van der Waals surface area contributed by atoms with Crippen molar-refractivity contribution in [3.05, 3.63) is 64.8 Å². The molecule has 7 heteroatoms. The van der Waals surface area contributed by atoms with Gasteiger partial charge in [-0.2, -0.15) is 0 Å². The molecule has 0 aliphatic heterocycles. The van der Waals surface area contributed by atoms with Gasteiger partial charge < -0.3 is 15.6 Å². The van der Waals surface area contributed by atoms with Gasteiger partial charge in [0.15, 0.2) is 0 Å². The normalized spacial score (nSPS) is 14.2. The molecule has 5 nitrogen and oxygen atoms in total. The Morgan fingerprint density at radius 3 is 2.56 bits per heavy atom. The van der Waals surface area contributed by atoms with Crippen LogP contribution in [-0.4, -0.2) is 29.9 Å². The fraction of sp³-hybridized carbons (Fsp3) is 0.360. The minimum absolute atomic E-state index is 0.211. The molecule has 1 heterocycles. The second-order valence-corrected chi connectivity index (χ2v) is 9.71. The van der Waals surface area contributed by atoms with E-state index in [1.165, 1.54) is 0 Å². The highest BCUT2D eigenvalue weighted by atomic mass is 35.5. The smallest absolute Gasteiger partial charge is 0.242 e. The van der Waals surface area contributed by atoms with Gasteiger partial charge in [-0.25, -0.2) is 0 Å². The summed E-state index contributed by atoms with van der Waals surface area (Å²) in [4.78, 5) is 30.3. The average molecular weight is 472 g/mol. The molecule has 2 aromatic carbocycles. The molecule has 2 atom stereocenters. The lowest BCUT2D eigenvalue weighted by Gasteiger charge is -2.33. The van der Waals surface area contributed by atoms with Crippen LogP contribution in [0.25, 0.3) is 10.9 Å². The number of likely N-dealkylation sites (N-methyl/N-ethyl adjacent to an activating group) is 1. The number of aromatic nitrogens is 1. The fourth-order valence-electron chi connectivity index (χ4n) is 4.33. The molecule has 1 aromatic heterocycles. The van der Waals surface area contributed by atoms with E-state index in [1.54, 1.807) is 19.2 Å². The first-order valence-corrected chi connectivity index (χ1v) is 11.5. The first-order chi connectivity index (χ1) is 15.2. The van der Waals surface area contributed by atoms with E-state index in [2.05, 4.69) is 42.1 Å². The number of H-pyrrole nitrogens is 1. The van der Waals surface area contributed by atoms with E-state index in [0.29, 0.717) is 22.8 Å². The largest absolute Gasteiger partial charge is 0.361 e. The summed E-state index contributed by atoms with van der Waals surface area (Å²) in [6, 6.07) is 12.6. The molecule has 1 unspecified atom stereocenters. The van der Waals surface area contributed by atoms with E-state index in [1.807, 2.05) is 43.5 Å². The Morgan fingerprint density at radius 1 is 1.19 bits per heavy atom. The lowest BCUT2D eigenvalue weighted by molar-refractivity contribution is -0.132. The van der Waals surface area contributed by atoms with Gasteiger partial charge in [0.1, 0.15) is 6.04 Å². The Hall–Kier alpha value is -2.44. The highest BCUT2D eigenvalue weighted by Gasteiger charge is 2.39. The van der Waals surface area contributed by atoms with Gasteiger partial charge in [0.05, 0.1) is 5.41 Å². The minimum Gasteiger partial charge on any atom is -0.361 e. The van der Waals surface area contributed by atoms with Crippen molar-refractivity contribution in [2.75, 3.05) is 7.05 Å². The Morgan fingerprint density at radius 2 is 1.91 bits per heavy atom. The molecule has 2 amide bonds. The third-order valence-corrected chi connectivity index (χ3v) is 6.44. The number of fused-ring (bicyclic) bond motifs is 1. The summed E-state index contributed by atoms with van der Waals surface area (Å²) < 4.78 is 0. The highest BCUT2D eigenvalue weighted by Crippen LogP contribution is 2.36. The maximum atomic E-state index is 13.7. The van der Waals surface area contributed by atoms with Crippen molar-refractivity contribution >= 4 is 46.9 Å². The van der Waals surface area contributed by atoms with Gasteiger partial charge >= 0.3 is 0 Å². The SMILES string of the molecule is CNC(=O)[C@H](Cc1c[nH]c2ccccc12)NC(=O)C(C)(CC(C)C)c1ccc(Cl)cc1S. The Balaban J connectivity index is 1.94. The van der Waals surface area contributed by atoms with Crippen LogP contribution < -0.4 is 10.6 Å². The number of nitrogens with one attached hydrogen (secondary N) is 3. The second kappa shape index (κ2) is 10.0. The number of rotatable bonds is 8. The minimum atomic E-state index is -0.873. The predicted molar refractivity (Wildman–Crippen MR) is 134 cm³/mol. The summed E-state index contributed by atoms with van der Waals surface area (Å²) in [6.45, 7) is 6.04. The van der Waals surface area contributed by atoms with E-state index < -0.39 is 11.5 Å². The van der Waals surface area contributed by atoms with E-state index in [-0.39, 0.29) is 17.7 Å². The number of thiol groups is 1. The van der Waals surface area contributed by atoms with Crippen molar-refractivity contribution in [2.24, 2.45) is 5.92 Å². The third kappa shape index (κ3) is 5.13. The first kappa shape index (κ1) is 24.2. The van der Waals surface area contributed by atoms with Crippen LogP contribution in [0.1, 0.15) is 38.3 Å². The van der Waals surface area contributed by atoms with Gasteiger partial charge in [0.25, 0.3) is 0 Å². The zero-order chi connectivity index (χ0) is 23.5. The number of carbonyl (C=O) groups excluding carboxylic acids is 2. The quantitative estimate of drug-likeness (QED) is 0.353. The van der Waals surface area contributed by atoms with Gasteiger partial charge in [-0.3, -0.25) is 9.59 Å². The molecule has 170 valence electrons. The number of para-hydroxylation sites is 1. The van der Waals surface area contributed by atoms with E-state index in [0.717, 1.165) is 22.0 Å². The van der Waals surface area contributed by atoms with Crippen molar-refractivity contribution in [1.82, 2.24) is 15.6 Å². The number of benzene rings is 2. The number of carbonyl (C=O) groups is 2. The maximum absolute atomic E-state index is 13.7. The highest BCUT2D eigenvalue weighted by molar-refractivity contribution is 7.80. The molecule has 0 fully saturated rings. The molecule has 0 saturated heterocycles. The Bertz CT molecular complexity index is 1130. The molecule has 0 saturated carbocycles. The Labute approximate surface area is 199 Å². The van der Waals surface area contributed by atoms with Crippen molar-refractivity contribution < 1.29 is 9.59 Å². The summed E-state index contributed by atoms with van der Waals surface area (Å²) in [5, 5.41) is 7.31. The van der Waals surface area contributed by atoms with Crippen LogP contribution >= 0.6 is 24.2 Å². The number of halogens is 1. The van der Waals surface area contributed by atoms with Crippen molar-refractivity contribution in [2.45, 2.75) is 50.0 Å². The van der Waals surface area contributed by atoms with E-state index >= 15 is 0 Å². The molecule has 32 heavy (non-hydrogen) atoms. The predicted octanol–water partition coefficient (Wildman–Crippen LogP) is 4.89. The molecule has 0 bridgehead atoms. The molecule has 0 aliphatic rings. The van der Waals surface area contributed by atoms with Crippen LogP contribution in [0, 0.1) is 5.92 Å². The summed E-state index contributed by atoms with van der Waals surface area (Å²) in [5.41, 5.74) is 1.89. The molecule has 3 rings (SSSR count). The van der Waals surface area contributed by atoms with Crippen LogP contribution in [0.4, 0.5) is 0 Å². The fourth-order valence-corrected chi connectivity index (χ4v) is 5.04. The van der Waals surface area contributed by atoms with Crippen LogP contribution in [0.2, 0.25) is 5.02 Å². The van der Waals surface area contributed by atoms with Crippen molar-refractivity contribution in [3.63, 3.8) is 0 Å². The van der Waals surface area contributed by atoms with Gasteiger partial charge in [-0.05, 0) is 48.6 Å². The topological polar surface area (TPSA) is 74.0 Å². The average Bonchev–Trinajstić information content (AvgIpc) is 3.14. The molecule has 3 aromatic rings. The molecule has 0 aliphatic carbocycles. The van der Waals surface area contributed by atoms with Crippen molar-refractivity contribution in [1.29, 1.82) is 0 Å². The molecule has 0 spiro atoms. The molecular weight excluding hydrogens is 442 g/mol. The van der Waals surface area contributed by atoms with E-state index in [9.17, 15) is 9.59 Å². The van der Waals surface area contributed by atoms with Crippen LogP contribution in [-0.2, 0) is 21.4 Å². The van der Waals surface area contributed by atoms with E-state index in [4.69, 9.17) is 11.6 Å². The van der Waals surface area contributed by atoms with Gasteiger partial charge in [-0.1, -0.05) is 49.7 Å². The second-order valence-electron chi connectivity index (χ2n) is 8.80. The zero-order valence-electron chi connectivity index (χ0n) is 18.8. The van der Waals surface area contributed by atoms with Crippen molar-refractivity contribution in [3.8, 4) is 0 Å². The standard InChI is InChI=1S/C25H30ClN3O2S/c1-15(2)13-25(3,19-10-9-17(26)12-22(19)32)24(31)29-21(23(30)27-4)11-16-14-28-20-8-6-5-7-18(16)20/h5-10,12,14-15,21,28,32H,11,13H2,1-4H3,(H,27,30)(H,29,31)/t21-,25?/m0/s1. The zero-order valence-corrected chi connectivity index (χ0v) is 20.5. The summed E-state index contributed by atoms with van der Waals surface area (Å²) in [5.74, 6) is -0.198. The first-order valence-electron chi connectivity index (χ1n) is 10.7. The summed E-state index contributed by atoms with van der Waals surface area (Å²) in [6.07, 6.45) is 2.87. The number of aromatic amines is 1. The number of hydrogen-bond donors (Lipinski definition) is 4. The third-order valence-electron chi connectivity index (χ3n) is 5.84. The lowest BCUT2D eigenvalue weighted by atomic mass is 9.75. The van der Waals surface area contributed by atoms with Gasteiger partial charge in [0, 0.05) is 40.5 Å². The summed E-state index contributed by atoms with van der Waals surface area (Å²) >= 11 is 10.7. The maximum Gasteiger partial charge on any atom is 0.242 e. The molecule has 3 N–H and O–H groups in total. The van der Waals surface area contributed by atoms with Gasteiger partial charge in [-0.15, -0.1) is 12.6 Å². The Kier molecular flexibility index (Phi) is 7.57. The number of hydrogen-bond acceptors (Lipinski definition) is 3. The van der Waals surface area contributed by atoms with Crippen LogP contribution in [0.5, 0.6) is 0 Å². The van der Waals surface area contributed by atoms with Crippen LogP contribution in [0.3, 0.4) is 0 Å². The molecular formula is C25H30ClN3O2S. The lowest BCUT2D eigenvalue weighted by Crippen LogP contribution is -2.53. The van der Waals surface area contributed by atoms with Crippen LogP contribution in [0.15, 0.2) is 53.6 Å². The summed E-state index contributed by atoms with van der Waals surface area (Å²) in [7, 11) is 1.58. The van der Waals surface area contributed by atoms with Gasteiger partial charge in [0.2, 0.25) is 11.8 Å².